The Morgan fingerprint density at radius 1 is 1.22 bits per heavy atom. The van der Waals surface area contributed by atoms with Crippen LogP contribution < -0.4 is 5.32 Å². The van der Waals surface area contributed by atoms with Crippen LogP contribution in [0.1, 0.15) is 19.3 Å². The molecule has 2 heterocycles. The van der Waals surface area contributed by atoms with Gasteiger partial charge in [0.1, 0.15) is 12.1 Å². The number of β-amino-alcohol motifs (C(OH)–C–C–N with tert-alkyl or cyclic N) is 1. The molecule has 0 spiro atoms. The third-order valence-corrected chi connectivity index (χ3v) is 2.92. The minimum absolute atomic E-state index is 0.329. The number of rotatable bonds is 2. The minimum atomic E-state index is -0.935. The molecule has 0 aliphatic carbocycles. The number of hydrogen-bond acceptors (Lipinski definition) is 6. The smallest absolute Gasteiger partial charge is 0.323 e. The number of aliphatic hydroxyl groups is 1. The molecule has 0 amide bonds. The molecule has 0 bridgehead atoms. The van der Waals surface area contributed by atoms with E-state index in [0.29, 0.717) is 25.9 Å². The Hall–Kier alpha value is -1.22. The van der Waals surface area contributed by atoms with E-state index in [-0.39, 0.29) is 0 Å². The number of carbonyl (C=O) groups is 2. The fourth-order valence-corrected chi connectivity index (χ4v) is 1.91. The Labute approximate surface area is 104 Å². The molecule has 5 N–H and O–H groups in total. The van der Waals surface area contributed by atoms with Gasteiger partial charge in [0.2, 0.25) is 0 Å². The van der Waals surface area contributed by atoms with Gasteiger partial charge in [0, 0.05) is 19.5 Å². The van der Waals surface area contributed by atoms with Gasteiger partial charge in [-0.05, 0) is 12.8 Å². The SMILES string of the molecule is O=C(O)C1CC(O)CN1.O=C(O)C1CCCN1O. The Bertz CT molecular complexity index is 311. The van der Waals surface area contributed by atoms with E-state index >= 15 is 0 Å². The summed E-state index contributed by atoms with van der Waals surface area (Å²) in [5.74, 6) is -1.82. The molecular formula is C10H18N2O6. The van der Waals surface area contributed by atoms with Crippen molar-refractivity contribution in [3.63, 3.8) is 0 Å². The van der Waals surface area contributed by atoms with Crippen LogP contribution in [0.15, 0.2) is 0 Å². The van der Waals surface area contributed by atoms with Crippen LogP contribution in [-0.4, -0.2) is 68.8 Å². The molecule has 3 unspecified atom stereocenters. The van der Waals surface area contributed by atoms with Crippen LogP contribution in [0.25, 0.3) is 0 Å². The highest BCUT2D eigenvalue weighted by Gasteiger charge is 2.29. The third-order valence-electron chi connectivity index (χ3n) is 2.92. The second-order valence-electron chi connectivity index (χ2n) is 4.35. The standard InChI is InChI=1S/2C5H9NO3/c7-3-1-4(5(8)9)6-2-3;7-5(8)4-2-1-3-6(4)9/h3-4,6-7H,1-2H2,(H,8,9);4,9H,1-3H2,(H,7,8). The summed E-state index contributed by atoms with van der Waals surface area (Å²) in [6.07, 6.45) is 1.18. The topological polar surface area (TPSA) is 130 Å². The summed E-state index contributed by atoms with van der Waals surface area (Å²) < 4.78 is 0. The third kappa shape index (κ3) is 4.22. The molecule has 0 saturated carbocycles. The van der Waals surface area contributed by atoms with Gasteiger partial charge in [-0.25, -0.2) is 0 Å². The lowest BCUT2D eigenvalue weighted by Crippen LogP contribution is -2.32. The number of nitrogens with zero attached hydrogens (tertiary/aromatic N) is 1. The summed E-state index contributed by atoms with van der Waals surface area (Å²) in [6, 6.07) is -1.20. The summed E-state index contributed by atoms with van der Waals surface area (Å²) in [7, 11) is 0. The van der Waals surface area contributed by atoms with Gasteiger partial charge in [0.15, 0.2) is 0 Å². The van der Waals surface area contributed by atoms with Gasteiger partial charge < -0.3 is 25.8 Å². The highest BCUT2D eigenvalue weighted by Crippen LogP contribution is 2.13. The Morgan fingerprint density at radius 2 is 1.89 bits per heavy atom. The van der Waals surface area contributed by atoms with Gasteiger partial charge in [-0.2, -0.15) is 5.06 Å². The van der Waals surface area contributed by atoms with Crippen LogP contribution in [0.2, 0.25) is 0 Å². The molecule has 2 aliphatic rings. The zero-order chi connectivity index (χ0) is 13.7. The molecule has 0 radical (unpaired) electrons. The molecule has 8 heteroatoms. The molecule has 2 aliphatic heterocycles. The van der Waals surface area contributed by atoms with E-state index in [0.717, 1.165) is 11.5 Å². The molecule has 8 nitrogen and oxygen atoms in total. The fraction of sp³-hybridized carbons (Fsp3) is 0.800. The van der Waals surface area contributed by atoms with Crippen LogP contribution in [-0.2, 0) is 9.59 Å². The highest BCUT2D eigenvalue weighted by atomic mass is 16.5. The lowest BCUT2D eigenvalue weighted by Gasteiger charge is -2.11. The first-order valence-corrected chi connectivity index (χ1v) is 5.74. The minimum Gasteiger partial charge on any atom is -0.480 e. The zero-order valence-electron chi connectivity index (χ0n) is 9.82. The van der Waals surface area contributed by atoms with E-state index in [1.807, 2.05) is 0 Å². The number of carboxylic acid groups (broad SMARTS) is 2. The molecule has 104 valence electrons. The average Bonchev–Trinajstić information content (AvgIpc) is 2.87. The second-order valence-corrected chi connectivity index (χ2v) is 4.35. The number of aliphatic hydroxyl groups excluding tert-OH is 1. The van der Waals surface area contributed by atoms with Crippen molar-refractivity contribution < 1.29 is 30.1 Å². The maximum atomic E-state index is 10.2. The van der Waals surface area contributed by atoms with Crippen molar-refractivity contribution in [2.45, 2.75) is 37.5 Å². The maximum absolute atomic E-state index is 10.2. The van der Waals surface area contributed by atoms with Crippen molar-refractivity contribution in [2.75, 3.05) is 13.1 Å². The van der Waals surface area contributed by atoms with Gasteiger partial charge in [-0.3, -0.25) is 9.59 Å². The van der Waals surface area contributed by atoms with Crippen LogP contribution in [0.3, 0.4) is 0 Å². The number of nitrogens with one attached hydrogen (secondary N) is 1. The van der Waals surface area contributed by atoms with Crippen molar-refractivity contribution in [3.8, 4) is 0 Å². The first kappa shape index (κ1) is 14.8. The van der Waals surface area contributed by atoms with Crippen molar-refractivity contribution in [1.82, 2.24) is 10.4 Å². The average molecular weight is 262 g/mol. The van der Waals surface area contributed by atoms with E-state index in [1.165, 1.54) is 0 Å². The molecule has 2 rings (SSSR count). The second kappa shape index (κ2) is 6.64. The molecule has 0 aromatic rings. The van der Waals surface area contributed by atoms with Gasteiger partial charge in [-0.15, -0.1) is 0 Å². The Morgan fingerprint density at radius 3 is 2.11 bits per heavy atom. The summed E-state index contributed by atoms with van der Waals surface area (Å²) in [6.45, 7) is 0.883. The fourth-order valence-electron chi connectivity index (χ4n) is 1.91. The molecule has 0 aromatic heterocycles. The predicted molar refractivity (Wildman–Crippen MR) is 59.2 cm³/mol. The van der Waals surface area contributed by atoms with Gasteiger partial charge in [-0.1, -0.05) is 0 Å². The first-order chi connectivity index (χ1) is 8.41. The summed E-state index contributed by atoms with van der Waals surface area (Å²) in [5.41, 5.74) is 0. The predicted octanol–water partition coefficient (Wildman–Crippen LogP) is -1.28. The molecule has 18 heavy (non-hydrogen) atoms. The van der Waals surface area contributed by atoms with Crippen LogP contribution in [0.4, 0.5) is 0 Å². The van der Waals surface area contributed by atoms with E-state index < -0.39 is 30.1 Å². The zero-order valence-corrected chi connectivity index (χ0v) is 9.82. The van der Waals surface area contributed by atoms with Gasteiger partial charge in [0.25, 0.3) is 0 Å². The lowest BCUT2D eigenvalue weighted by atomic mass is 10.2. The quantitative estimate of drug-likeness (QED) is 0.416. The molecular weight excluding hydrogens is 244 g/mol. The van der Waals surface area contributed by atoms with Crippen LogP contribution in [0.5, 0.6) is 0 Å². The van der Waals surface area contributed by atoms with Crippen molar-refractivity contribution in [2.24, 2.45) is 0 Å². The Kier molecular flexibility index (Phi) is 5.48. The van der Waals surface area contributed by atoms with Gasteiger partial charge in [0.05, 0.1) is 6.10 Å². The summed E-state index contributed by atoms with van der Waals surface area (Å²) >= 11 is 0. The number of hydrogen-bond donors (Lipinski definition) is 5. The van der Waals surface area contributed by atoms with E-state index in [2.05, 4.69) is 5.32 Å². The summed E-state index contributed by atoms with van der Waals surface area (Å²) in [5, 5.41) is 37.9. The summed E-state index contributed by atoms with van der Waals surface area (Å²) in [4.78, 5) is 20.4. The lowest BCUT2D eigenvalue weighted by molar-refractivity contribution is -0.161. The molecule has 2 fully saturated rings. The van der Waals surface area contributed by atoms with E-state index in [9.17, 15) is 9.59 Å². The normalized spacial score (nSPS) is 31.8. The highest BCUT2D eigenvalue weighted by molar-refractivity contribution is 5.74. The van der Waals surface area contributed by atoms with E-state index in [1.54, 1.807) is 0 Å². The molecule has 0 aromatic carbocycles. The van der Waals surface area contributed by atoms with Gasteiger partial charge >= 0.3 is 11.9 Å². The van der Waals surface area contributed by atoms with Crippen LogP contribution >= 0.6 is 0 Å². The van der Waals surface area contributed by atoms with Crippen molar-refractivity contribution in [1.29, 1.82) is 0 Å². The monoisotopic (exact) mass is 262 g/mol. The molecule has 3 atom stereocenters. The van der Waals surface area contributed by atoms with E-state index in [4.69, 9.17) is 20.5 Å². The van der Waals surface area contributed by atoms with Crippen LogP contribution in [0, 0.1) is 0 Å². The largest absolute Gasteiger partial charge is 0.480 e. The maximum Gasteiger partial charge on any atom is 0.323 e. The van der Waals surface area contributed by atoms with Crippen molar-refractivity contribution in [3.05, 3.63) is 0 Å². The Balaban J connectivity index is 0.000000180. The molecule has 2 saturated heterocycles. The van der Waals surface area contributed by atoms with Crippen molar-refractivity contribution >= 4 is 11.9 Å². The number of aliphatic carboxylic acids is 2. The number of carboxylic acids is 2. The number of hydroxylamine groups is 2. The first-order valence-electron chi connectivity index (χ1n) is 5.74.